The third-order valence-electron chi connectivity index (χ3n) is 3.23. The summed E-state index contributed by atoms with van der Waals surface area (Å²) in [5, 5.41) is 5.29. The quantitative estimate of drug-likeness (QED) is 0.919. The van der Waals surface area contributed by atoms with Crippen molar-refractivity contribution in [1.29, 1.82) is 0 Å². The van der Waals surface area contributed by atoms with Gasteiger partial charge in [0.1, 0.15) is 11.6 Å². The Morgan fingerprint density at radius 1 is 1.52 bits per heavy atom. The van der Waals surface area contributed by atoms with Crippen LogP contribution in [-0.2, 0) is 4.79 Å². The number of nitrogens with zero attached hydrogens (tertiary/aromatic N) is 1. The Morgan fingerprint density at radius 3 is 3.05 bits per heavy atom. The topological polar surface area (TPSA) is 51.2 Å². The van der Waals surface area contributed by atoms with Crippen LogP contribution in [0.4, 0.5) is 9.52 Å². The molecule has 1 atom stereocenters. The fourth-order valence-corrected chi connectivity index (χ4v) is 2.71. The molecule has 1 aliphatic carbocycles. The summed E-state index contributed by atoms with van der Waals surface area (Å²) in [6.07, 6.45) is 1.63. The zero-order chi connectivity index (χ0) is 14.8. The molecule has 2 aromatic rings. The summed E-state index contributed by atoms with van der Waals surface area (Å²) < 4.78 is 18.5. The smallest absolute Gasteiger partial charge is 0.266 e. The molecule has 0 radical (unpaired) electrons. The SMILES string of the molecule is CC(Oc1cccc(F)c1)C(=O)Nc1nc(C2CC2)cs1. The molecule has 0 bridgehead atoms. The van der Waals surface area contributed by atoms with Crippen molar-refractivity contribution in [3.8, 4) is 5.75 Å². The Morgan fingerprint density at radius 2 is 2.33 bits per heavy atom. The monoisotopic (exact) mass is 306 g/mol. The predicted molar refractivity (Wildman–Crippen MR) is 79.2 cm³/mol. The Bertz CT molecular complexity index is 655. The van der Waals surface area contributed by atoms with Gasteiger partial charge in [0.15, 0.2) is 11.2 Å². The summed E-state index contributed by atoms with van der Waals surface area (Å²) in [4.78, 5) is 16.4. The van der Waals surface area contributed by atoms with E-state index in [9.17, 15) is 9.18 Å². The molecule has 0 saturated heterocycles. The van der Waals surface area contributed by atoms with Gasteiger partial charge in [-0.15, -0.1) is 11.3 Å². The molecule has 1 fully saturated rings. The third-order valence-corrected chi connectivity index (χ3v) is 4.00. The van der Waals surface area contributed by atoms with Crippen molar-refractivity contribution in [3.63, 3.8) is 0 Å². The first-order chi connectivity index (χ1) is 10.1. The van der Waals surface area contributed by atoms with E-state index in [0.29, 0.717) is 16.8 Å². The molecule has 21 heavy (non-hydrogen) atoms. The van der Waals surface area contributed by atoms with Gasteiger partial charge in [0.25, 0.3) is 5.91 Å². The largest absolute Gasteiger partial charge is 0.481 e. The number of anilines is 1. The van der Waals surface area contributed by atoms with E-state index in [0.717, 1.165) is 5.69 Å². The number of amides is 1. The molecule has 1 unspecified atom stereocenters. The summed E-state index contributed by atoms with van der Waals surface area (Å²) in [5.41, 5.74) is 1.05. The summed E-state index contributed by atoms with van der Waals surface area (Å²) >= 11 is 1.41. The van der Waals surface area contributed by atoms with E-state index in [4.69, 9.17) is 4.74 Å². The van der Waals surface area contributed by atoms with E-state index in [1.807, 2.05) is 5.38 Å². The number of hydrogen-bond donors (Lipinski definition) is 1. The number of ether oxygens (including phenoxy) is 1. The van der Waals surface area contributed by atoms with Crippen molar-refractivity contribution in [2.75, 3.05) is 5.32 Å². The summed E-state index contributed by atoms with van der Waals surface area (Å²) in [6, 6.07) is 5.73. The second kappa shape index (κ2) is 5.81. The Balaban J connectivity index is 1.58. The molecule has 1 aromatic carbocycles. The minimum Gasteiger partial charge on any atom is -0.481 e. The number of aromatic nitrogens is 1. The highest BCUT2D eigenvalue weighted by molar-refractivity contribution is 7.13. The van der Waals surface area contributed by atoms with Gasteiger partial charge in [-0.25, -0.2) is 9.37 Å². The molecule has 1 aliphatic rings. The van der Waals surface area contributed by atoms with Gasteiger partial charge in [0.2, 0.25) is 0 Å². The van der Waals surface area contributed by atoms with E-state index in [1.165, 1.54) is 42.4 Å². The van der Waals surface area contributed by atoms with Crippen LogP contribution in [0.15, 0.2) is 29.6 Å². The van der Waals surface area contributed by atoms with Gasteiger partial charge in [-0.1, -0.05) is 6.07 Å². The predicted octanol–water partition coefficient (Wildman–Crippen LogP) is 3.57. The lowest BCUT2D eigenvalue weighted by Gasteiger charge is -2.13. The zero-order valence-corrected chi connectivity index (χ0v) is 12.3. The van der Waals surface area contributed by atoms with E-state index in [1.54, 1.807) is 13.0 Å². The molecule has 3 rings (SSSR count). The first-order valence-electron chi connectivity index (χ1n) is 6.80. The number of carbonyl (C=O) groups excluding carboxylic acids is 1. The first kappa shape index (κ1) is 14.0. The zero-order valence-electron chi connectivity index (χ0n) is 11.5. The van der Waals surface area contributed by atoms with Gasteiger partial charge in [0.05, 0.1) is 5.69 Å². The molecule has 1 heterocycles. The van der Waals surface area contributed by atoms with Crippen LogP contribution < -0.4 is 10.1 Å². The Labute approximate surface area is 126 Å². The lowest BCUT2D eigenvalue weighted by Crippen LogP contribution is -2.30. The average molecular weight is 306 g/mol. The normalized spacial score (nSPS) is 15.5. The number of hydrogen-bond acceptors (Lipinski definition) is 4. The van der Waals surface area contributed by atoms with Crippen molar-refractivity contribution < 1.29 is 13.9 Å². The van der Waals surface area contributed by atoms with Crippen LogP contribution in [0.25, 0.3) is 0 Å². The Hall–Kier alpha value is -1.95. The highest BCUT2D eigenvalue weighted by Crippen LogP contribution is 2.40. The summed E-state index contributed by atoms with van der Waals surface area (Å²) in [6.45, 7) is 1.62. The molecule has 0 spiro atoms. The fraction of sp³-hybridized carbons (Fsp3) is 0.333. The highest BCUT2D eigenvalue weighted by Gasteiger charge is 2.26. The molecular formula is C15H15FN2O2S. The van der Waals surface area contributed by atoms with Crippen LogP contribution in [0.1, 0.15) is 31.4 Å². The lowest BCUT2D eigenvalue weighted by atomic mass is 10.3. The van der Waals surface area contributed by atoms with Crippen molar-refractivity contribution in [3.05, 3.63) is 41.2 Å². The maximum Gasteiger partial charge on any atom is 0.266 e. The molecule has 6 heteroatoms. The number of nitrogens with one attached hydrogen (secondary N) is 1. The summed E-state index contributed by atoms with van der Waals surface area (Å²) in [5.74, 6) is 0.202. The molecule has 1 amide bonds. The van der Waals surface area contributed by atoms with Gasteiger partial charge in [0, 0.05) is 17.4 Å². The van der Waals surface area contributed by atoms with Gasteiger partial charge in [-0.2, -0.15) is 0 Å². The number of thiazole rings is 1. The maximum absolute atomic E-state index is 13.1. The highest BCUT2D eigenvalue weighted by atomic mass is 32.1. The van der Waals surface area contributed by atoms with E-state index < -0.39 is 11.9 Å². The van der Waals surface area contributed by atoms with Gasteiger partial charge in [-0.05, 0) is 31.9 Å². The minimum absolute atomic E-state index is 0.295. The second-order valence-electron chi connectivity index (χ2n) is 5.06. The average Bonchev–Trinajstić information content (AvgIpc) is 3.19. The van der Waals surface area contributed by atoms with E-state index in [-0.39, 0.29) is 5.91 Å². The van der Waals surface area contributed by atoms with E-state index >= 15 is 0 Å². The minimum atomic E-state index is -0.722. The van der Waals surface area contributed by atoms with Gasteiger partial charge >= 0.3 is 0 Å². The van der Waals surface area contributed by atoms with Crippen molar-refractivity contribution in [2.45, 2.75) is 31.8 Å². The summed E-state index contributed by atoms with van der Waals surface area (Å²) in [7, 11) is 0. The standard InChI is InChI=1S/C15H15FN2O2S/c1-9(20-12-4-2-3-11(16)7-12)14(19)18-15-17-13(8-21-15)10-5-6-10/h2-4,7-10H,5-6H2,1H3,(H,17,18,19). The molecule has 0 aliphatic heterocycles. The molecule has 1 saturated carbocycles. The first-order valence-corrected chi connectivity index (χ1v) is 7.68. The van der Waals surface area contributed by atoms with Crippen molar-refractivity contribution in [2.24, 2.45) is 0 Å². The van der Waals surface area contributed by atoms with Crippen molar-refractivity contribution >= 4 is 22.4 Å². The van der Waals surface area contributed by atoms with Gasteiger partial charge in [-0.3, -0.25) is 10.1 Å². The number of benzene rings is 1. The molecule has 4 nitrogen and oxygen atoms in total. The van der Waals surface area contributed by atoms with Crippen LogP contribution in [0.3, 0.4) is 0 Å². The Kier molecular flexibility index (Phi) is 3.88. The molecule has 1 aromatic heterocycles. The fourth-order valence-electron chi connectivity index (χ4n) is 1.92. The maximum atomic E-state index is 13.1. The van der Waals surface area contributed by atoms with Crippen LogP contribution in [0, 0.1) is 5.82 Å². The third kappa shape index (κ3) is 3.58. The second-order valence-corrected chi connectivity index (χ2v) is 5.92. The van der Waals surface area contributed by atoms with Gasteiger partial charge < -0.3 is 4.74 Å². The van der Waals surface area contributed by atoms with Crippen LogP contribution in [0.2, 0.25) is 0 Å². The van der Waals surface area contributed by atoms with Crippen molar-refractivity contribution in [1.82, 2.24) is 4.98 Å². The van der Waals surface area contributed by atoms with Crippen LogP contribution >= 0.6 is 11.3 Å². The van der Waals surface area contributed by atoms with Crippen LogP contribution in [0.5, 0.6) is 5.75 Å². The number of halogens is 1. The van der Waals surface area contributed by atoms with E-state index in [2.05, 4.69) is 10.3 Å². The molecule has 110 valence electrons. The number of rotatable bonds is 5. The van der Waals surface area contributed by atoms with Crippen LogP contribution in [-0.4, -0.2) is 17.0 Å². The number of carbonyl (C=O) groups is 1. The lowest BCUT2D eigenvalue weighted by molar-refractivity contribution is -0.122. The molecular weight excluding hydrogens is 291 g/mol. The molecule has 1 N–H and O–H groups in total.